The molecule has 9 heteroatoms. The van der Waals surface area contributed by atoms with Crippen molar-refractivity contribution in [1.29, 1.82) is 0 Å². The quantitative estimate of drug-likeness (QED) is 0.772. The van der Waals surface area contributed by atoms with Crippen LogP contribution in [0.15, 0.2) is 18.2 Å². The Balaban J connectivity index is 1.82. The van der Waals surface area contributed by atoms with Crippen molar-refractivity contribution in [3.05, 3.63) is 23.8 Å². The summed E-state index contributed by atoms with van der Waals surface area (Å²) < 4.78 is 38.5. The van der Waals surface area contributed by atoms with Crippen LogP contribution in [0.1, 0.15) is 18.4 Å². The topological polar surface area (TPSA) is 96.4 Å². The van der Waals surface area contributed by atoms with Gasteiger partial charge in [0.25, 0.3) is 10.2 Å². The molecule has 0 amide bonds. The molecule has 1 fully saturated rings. The number of hydrogen-bond donors (Lipinski definition) is 1. The summed E-state index contributed by atoms with van der Waals surface area (Å²) >= 11 is 0. The minimum absolute atomic E-state index is 0.0356. The van der Waals surface area contributed by atoms with Gasteiger partial charge in [-0.1, -0.05) is 6.07 Å². The number of aliphatic carboxylic acids is 1. The lowest BCUT2D eigenvalue weighted by molar-refractivity contribution is -0.137. The highest BCUT2D eigenvalue weighted by atomic mass is 32.2. The summed E-state index contributed by atoms with van der Waals surface area (Å²) in [6.45, 7) is 0.270. The lowest BCUT2D eigenvalue weighted by atomic mass is 10.2. The standard InChI is InChI=1S/C15H20N2O6S/c1-16(12-3-4-12)24(20,21)17(10-15(18)19)9-11-2-5-13-14(8-11)23-7-6-22-13/h2,5,8,12H,3-4,6-7,9-10H2,1H3,(H,18,19). The maximum absolute atomic E-state index is 12.7. The average molecular weight is 356 g/mol. The van der Waals surface area contributed by atoms with E-state index in [0.717, 1.165) is 17.1 Å². The van der Waals surface area contributed by atoms with Gasteiger partial charge >= 0.3 is 5.97 Å². The van der Waals surface area contributed by atoms with Gasteiger partial charge in [-0.15, -0.1) is 0 Å². The van der Waals surface area contributed by atoms with Gasteiger partial charge < -0.3 is 14.6 Å². The second-order valence-electron chi connectivity index (χ2n) is 5.89. The molecule has 3 rings (SSSR count). The van der Waals surface area contributed by atoms with E-state index in [4.69, 9.17) is 14.6 Å². The van der Waals surface area contributed by atoms with E-state index in [1.807, 2.05) is 0 Å². The van der Waals surface area contributed by atoms with Gasteiger partial charge in [0.2, 0.25) is 0 Å². The highest BCUT2D eigenvalue weighted by molar-refractivity contribution is 7.86. The summed E-state index contributed by atoms with van der Waals surface area (Å²) in [5, 5.41) is 9.08. The number of benzene rings is 1. The Bertz CT molecular complexity index is 731. The predicted molar refractivity (Wildman–Crippen MR) is 85.2 cm³/mol. The monoisotopic (exact) mass is 356 g/mol. The van der Waals surface area contributed by atoms with Crippen LogP contribution in [-0.4, -0.2) is 61.0 Å². The number of fused-ring (bicyclic) bond motifs is 1. The van der Waals surface area contributed by atoms with E-state index in [2.05, 4.69) is 0 Å². The number of rotatable bonds is 7. The zero-order valence-electron chi connectivity index (χ0n) is 13.3. The third kappa shape index (κ3) is 3.63. The van der Waals surface area contributed by atoms with Crippen LogP contribution >= 0.6 is 0 Å². The molecule has 1 aromatic carbocycles. The van der Waals surface area contributed by atoms with E-state index in [9.17, 15) is 13.2 Å². The van der Waals surface area contributed by atoms with Crippen molar-refractivity contribution in [2.75, 3.05) is 26.8 Å². The van der Waals surface area contributed by atoms with Crippen LogP contribution in [0.25, 0.3) is 0 Å². The first-order chi connectivity index (χ1) is 11.4. The molecule has 8 nitrogen and oxygen atoms in total. The molecule has 0 atom stereocenters. The highest BCUT2D eigenvalue weighted by Crippen LogP contribution is 2.32. The SMILES string of the molecule is CN(C1CC1)S(=O)(=O)N(CC(=O)O)Cc1ccc2c(c1)OCCO2. The Hall–Kier alpha value is -1.84. The zero-order valence-corrected chi connectivity index (χ0v) is 14.2. The Morgan fingerprint density at radius 1 is 1.25 bits per heavy atom. The Labute approximate surface area is 140 Å². The van der Waals surface area contributed by atoms with Crippen molar-refractivity contribution in [3.63, 3.8) is 0 Å². The number of carboxylic acids is 1. The number of carbonyl (C=O) groups is 1. The van der Waals surface area contributed by atoms with E-state index in [0.29, 0.717) is 30.3 Å². The zero-order chi connectivity index (χ0) is 17.3. The fourth-order valence-electron chi connectivity index (χ4n) is 2.57. The summed E-state index contributed by atoms with van der Waals surface area (Å²) in [5.41, 5.74) is 0.647. The third-order valence-corrected chi connectivity index (χ3v) is 5.97. The average Bonchev–Trinajstić information content (AvgIpc) is 3.37. The van der Waals surface area contributed by atoms with Crippen LogP contribution in [0, 0.1) is 0 Å². The lowest BCUT2D eigenvalue weighted by Crippen LogP contribution is -2.44. The van der Waals surface area contributed by atoms with E-state index >= 15 is 0 Å². The summed E-state index contributed by atoms with van der Waals surface area (Å²) in [4.78, 5) is 11.1. The smallest absolute Gasteiger partial charge is 0.318 e. The van der Waals surface area contributed by atoms with Crippen LogP contribution in [0.3, 0.4) is 0 Å². The molecule has 1 heterocycles. The van der Waals surface area contributed by atoms with Crippen LogP contribution in [0.2, 0.25) is 0 Å². The molecule has 1 aliphatic carbocycles. The van der Waals surface area contributed by atoms with Crippen LogP contribution < -0.4 is 9.47 Å². The van der Waals surface area contributed by atoms with Gasteiger partial charge in [-0.3, -0.25) is 4.79 Å². The van der Waals surface area contributed by atoms with E-state index in [1.54, 1.807) is 18.2 Å². The van der Waals surface area contributed by atoms with Gasteiger partial charge in [0, 0.05) is 19.6 Å². The highest BCUT2D eigenvalue weighted by Gasteiger charge is 2.38. The molecule has 132 valence electrons. The molecule has 1 aromatic rings. The lowest BCUT2D eigenvalue weighted by Gasteiger charge is -2.27. The molecule has 0 bridgehead atoms. The van der Waals surface area contributed by atoms with Crippen LogP contribution in [0.5, 0.6) is 11.5 Å². The maximum Gasteiger partial charge on any atom is 0.318 e. The van der Waals surface area contributed by atoms with Crippen molar-refractivity contribution in [3.8, 4) is 11.5 Å². The van der Waals surface area contributed by atoms with Gasteiger partial charge in [0.1, 0.15) is 19.8 Å². The molecule has 24 heavy (non-hydrogen) atoms. The largest absolute Gasteiger partial charge is 0.486 e. The van der Waals surface area contributed by atoms with Crippen molar-refractivity contribution in [2.24, 2.45) is 0 Å². The van der Waals surface area contributed by atoms with Gasteiger partial charge in [-0.2, -0.15) is 17.0 Å². The fourth-order valence-corrected chi connectivity index (χ4v) is 4.11. The number of hydrogen-bond acceptors (Lipinski definition) is 5. The molecule has 0 unspecified atom stereocenters. The second-order valence-corrected chi connectivity index (χ2v) is 7.88. The third-order valence-electron chi connectivity index (χ3n) is 4.03. The Kier molecular flexibility index (Phi) is 4.66. The number of ether oxygens (including phenoxy) is 2. The Morgan fingerprint density at radius 3 is 2.54 bits per heavy atom. The van der Waals surface area contributed by atoms with E-state index in [1.165, 1.54) is 11.4 Å². The summed E-state index contributed by atoms with van der Waals surface area (Å²) in [5.74, 6) is -0.0463. The van der Waals surface area contributed by atoms with Gasteiger partial charge in [-0.25, -0.2) is 0 Å². The van der Waals surface area contributed by atoms with Gasteiger partial charge in [0.15, 0.2) is 11.5 Å². The molecule has 1 saturated carbocycles. The molecule has 2 aliphatic rings. The molecular weight excluding hydrogens is 336 g/mol. The molecule has 0 radical (unpaired) electrons. The fraction of sp³-hybridized carbons (Fsp3) is 0.533. The minimum atomic E-state index is -3.84. The normalized spacial score (nSPS) is 17.3. The molecular formula is C15H20N2O6S. The van der Waals surface area contributed by atoms with E-state index in [-0.39, 0.29) is 12.6 Å². The second kappa shape index (κ2) is 6.58. The van der Waals surface area contributed by atoms with Crippen molar-refractivity contribution < 1.29 is 27.8 Å². The van der Waals surface area contributed by atoms with Gasteiger partial charge in [-0.05, 0) is 30.5 Å². The Morgan fingerprint density at radius 2 is 1.92 bits per heavy atom. The summed E-state index contributed by atoms with van der Waals surface area (Å²) in [6, 6.07) is 5.08. The predicted octanol–water partition coefficient (Wildman–Crippen LogP) is 0.683. The van der Waals surface area contributed by atoms with Crippen molar-refractivity contribution >= 4 is 16.2 Å². The number of carboxylic acid groups (broad SMARTS) is 1. The molecule has 0 aromatic heterocycles. The summed E-state index contributed by atoms with van der Waals surface area (Å²) in [6.07, 6.45) is 1.61. The first-order valence-corrected chi connectivity index (χ1v) is 9.11. The maximum atomic E-state index is 12.7. The van der Waals surface area contributed by atoms with Crippen LogP contribution in [0.4, 0.5) is 0 Å². The van der Waals surface area contributed by atoms with Crippen molar-refractivity contribution in [1.82, 2.24) is 8.61 Å². The molecule has 0 spiro atoms. The summed E-state index contributed by atoms with van der Waals surface area (Å²) in [7, 11) is -2.35. The van der Waals surface area contributed by atoms with Gasteiger partial charge in [0.05, 0.1) is 0 Å². The molecule has 1 aliphatic heterocycles. The number of nitrogens with zero attached hydrogens (tertiary/aromatic N) is 2. The van der Waals surface area contributed by atoms with Crippen molar-refractivity contribution in [2.45, 2.75) is 25.4 Å². The first-order valence-electron chi connectivity index (χ1n) is 7.71. The first kappa shape index (κ1) is 17.0. The minimum Gasteiger partial charge on any atom is -0.486 e. The molecule has 1 N–H and O–H groups in total. The van der Waals surface area contributed by atoms with Crippen LogP contribution in [-0.2, 0) is 21.5 Å². The van der Waals surface area contributed by atoms with E-state index < -0.39 is 22.7 Å². The molecule has 0 saturated heterocycles.